The van der Waals surface area contributed by atoms with Gasteiger partial charge in [0, 0.05) is 12.5 Å². The van der Waals surface area contributed by atoms with Gasteiger partial charge in [-0.2, -0.15) is 9.78 Å². The van der Waals surface area contributed by atoms with Crippen LogP contribution in [0.3, 0.4) is 0 Å². The fourth-order valence-corrected chi connectivity index (χ4v) is 2.75. The third kappa shape index (κ3) is 2.39. The predicted octanol–water partition coefficient (Wildman–Crippen LogP) is 2.53. The molecule has 0 saturated carbocycles. The first-order valence-corrected chi connectivity index (χ1v) is 6.79. The minimum atomic E-state index is -0.546. The van der Waals surface area contributed by atoms with E-state index in [1.54, 1.807) is 6.07 Å². The number of nitrogens with zero attached hydrogens (tertiary/aromatic N) is 2. The smallest absolute Gasteiger partial charge is 0.271 e. The van der Waals surface area contributed by atoms with Crippen molar-refractivity contribution in [1.82, 2.24) is 9.78 Å². The van der Waals surface area contributed by atoms with E-state index >= 15 is 0 Å². The number of halogens is 1. The van der Waals surface area contributed by atoms with Gasteiger partial charge in [0.2, 0.25) is 0 Å². The summed E-state index contributed by atoms with van der Waals surface area (Å²) in [6.45, 7) is 3.96. The Labute approximate surface area is 121 Å². The molecular formula is C16H15FN2O2. The van der Waals surface area contributed by atoms with Gasteiger partial charge in [-0.1, -0.05) is 26.0 Å². The molecule has 108 valence electrons. The van der Waals surface area contributed by atoms with E-state index in [0.717, 1.165) is 4.68 Å². The molecule has 0 aliphatic heterocycles. The highest BCUT2D eigenvalue weighted by atomic mass is 19.1. The maximum Gasteiger partial charge on any atom is 0.271 e. The minimum absolute atomic E-state index is 0.0583. The Kier molecular flexibility index (Phi) is 3.01. The molecule has 1 aromatic carbocycles. The molecule has 0 N–H and O–H groups in total. The molecule has 1 aliphatic rings. The summed E-state index contributed by atoms with van der Waals surface area (Å²) in [7, 11) is 0. The Hall–Kier alpha value is -2.30. The zero-order valence-corrected chi connectivity index (χ0v) is 11.9. The van der Waals surface area contributed by atoms with Gasteiger partial charge >= 0.3 is 0 Å². The van der Waals surface area contributed by atoms with Crippen LogP contribution in [0, 0.1) is 11.2 Å². The summed E-state index contributed by atoms with van der Waals surface area (Å²) in [6.07, 6.45) is 0.997. The van der Waals surface area contributed by atoms with Crippen molar-refractivity contribution >= 4 is 5.78 Å². The molecule has 1 aliphatic carbocycles. The van der Waals surface area contributed by atoms with Gasteiger partial charge in [-0.15, -0.1) is 0 Å². The van der Waals surface area contributed by atoms with Gasteiger partial charge in [0.05, 0.1) is 0 Å². The number of rotatable bonds is 1. The zero-order valence-electron chi connectivity index (χ0n) is 11.9. The lowest BCUT2D eigenvalue weighted by molar-refractivity contribution is 0.0903. The number of Topliss-reactive ketones (excluding diaryl/α,β-unsaturated/α-hetero) is 1. The third-order valence-corrected chi connectivity index (χ3v) is 3.66. The van der Waals surface area contributed by atoms with Crippen molar-refractivity contribution in [1.29, 1.82) is 0 Å². The average Bonchev–Trinajstić information content (AvgIpc) is 2.38. The molecule has 0 unspecified atom stereocenters. The second-order valence-corrected chi connectivity index (χ2v) is 6.16. The molecule has 5 heteroatoms. The van der Waals surface area contributed by atoms with E-state index in [4.69, 9.17) is 0 Å². The zero-order chi connectivity index (χ0) is 15.2. The highest BCUT2D eigenvalue weighted by Gasteiger charge is 2.33. The monoisotopic (exact) mass is 286 g/mol. The molecule has 0 fully saturated rings. The van der Waals surface area contributed by atoms with Gasteiger partial charge in [-0.25, -0.2) is 4.39 Å². The van der Waals surface area contributed by atoms with Gasteiger partial charge in [0.15, 0.2) is 5.78 Å². The number of aromatic nitrogens is 2. The van der Waals surface area contributed by atoms with Crippen molar-refractivity contribution in [3.8, 4) is 5.69 Å². The van der Waals surface area contributed by atoms with Gasteiger partial charge < -0.3 is 0 Å². The lowest BCUT2D eigenvalue weighted by atomic mass is 9.75. The van der Waals surface area contributed by atoms with Crippen LogP contribution >= 0.6 is 0 Å². The lowest BCUT2D eigenvalue weighted by Crippen LogP contribution is -2.33. The number of hydrogen-bond donors (Lipinski definition) is 0. The largest absolute Gasteiger partial charge is 0.292 e. The number of hydrogen-bond acceptors (Lipinski definition) is 3. The Bertz CT molecular complexity index is 793. The second kappa shape index (κ2) is 4.62. The molecule has 0 spiro atoms. The molecule has 1 heterocycles. The van der Waals surface area contributed by atoms with E-state index in [9.17, 15) is 14.0 Å². The van der Waals surface area contributed by atoms with E-state index in [2.05, 4.69) is 5.10 Å². The summed E-state index contributed by atoms with van der Waals surface area (Å²) in [5, 5.41) is 4.11. The fourth-order valence-electron chi connectivity index (χ4n) is 2.75. The van der Waals surface area contributed by atoms with Gasteiger partial charge in [0.25, 0.3) is 5.56 Å². The molecule has 0 atom stereocenters. The quantitative estimate of drug-likeness (QED) is 0.809. The molecule has 0 bridgehead atoms. The number of carbonyl (C=O) groups excluding carboxylic acids is 1. The van der Waals surface area contributed by atoms with Crippen LogP contribution < -0.4 is 5.56 Å². The number of carbonyl (C=O) groups is 1. The molecule has 21 heavy (non-hydrogen) atoms. The van der Waals surface area contributed by atoms with E-state index in [0.29, 0.717) is 18.4 Å². The van der Waals surface area contributed by atoms with Crippen LogP contribution in [0.1, 0.15) is 36.3 Å². The van der Waals surface area contributed by atoms with E-state index < -0.39 is 11.4 Å². The normalized spacial score (nSPS) is 16.6. The van der Waals surface area contributed by atoms with E-state index in [-0.39, 0.29) is 22.6 Å². The first kappa shape index (κ1) is 13.7. The van der Waals surface area contributed by atoms with Crippen LogP contribution in [-0.2, 0) is 6.42 Å². The van der Waals surface area contributed by atoms with E-state index in [1.165, 1.54) is 24.3 Å². The van der Waals surface area contributed by atoms with E-state index in [1.807, 2.05) is 13.8 Å². The molecule has 0 amide bonds. The van der Waals surface area contributed by atoms with Crippen molar-refractivity contribution < 1.29 is 9.18 Å². The van der Waals surface area contributed by atoms with Crippen LogP contribution in [-0.4, -0.2) is 15.6 Å². The summed E-state index contributed by atoms with van der Waals surface area (Å²) >= 11 is 0. The Balaban J connectivity index is 2.20. The number of ketones is 1. The van der Waals surface area contributed by atoms with Crippen LogP contribution in [0.15, 0.2) is 35.1 Å². The molecular weight excluding hydrogens is 271 g/mol. The van der Waals surface area contributed by atoms with Crippen molar-refractivity contribution in [3.63, 3.8) is 0 Å². The van der Waals surface area contributed by atoms with Crippen LogP contribution in [0.2, 0.25) is 0 Å². The number of fused-ring (bicyclic) bond motifs is 1. The third-order valence-electron chi connectivity index (χ3n) is 3.66. The molecule has 3 rings (SSSR count). The summed E-state index contributed by atoms with van der Waals surface area (Å²) in [6, 6.07) is 7.28. The van der Waals surface area contributed by atoms with Gasteiger partial charge in [0.1, 0.15) is 17.2 Å². The summed E-state index contributed by atoms with van der Waals surface area (Å²) in [5.41, 5.74) is 0.376. The summed E-state index contributed by atoms with van der Waals surface area (Å²) in [5.74, 6) is -0.651. The van der Waals surface area contributed by atoms with Crippen molar-refractivity contribution in [3.05, 3.63) is 57.8 Å². The van der Waals surface area contributed by atoms with Gasteiger partial charge in [-0.3, -0.25) is 9.59 Å². The topological polar surface area (TPSA) is 52.0 Å². The highest BCUT2D eigenvalue weighted by molar-refractivity contribution is 5.97. The molecule has 2 aromatic rings. The van der Waals surface area contributed by atoms with Crippen molar-refractivity contribution in [2.75, 3.05) is 0 Å². The number of para-hydroxylation sites is 1. The minimum Gasteiger partial charge on any atom is -0.292 e. The van der Waals surface area contributed by atoms with Gasteiger partial charge in [-0.05, 0) is 29.5 Å². The second-order valence-electron chi connectivity index (χ2n) is 6.16. The Morgan fingerprint density at radius 2 is 1.90 bits per heavy atom. The predicted molar refractivity (Wildman–Crippen MR) is 76.2 cm³/mol. The lowest BCUT2D eigenvalue weighted by Gasteiger charge is -2.29. The maximum absolute atomic E-state index is 13.8. The summed E-state index contributed by atoms with van der Waals surface area (Å²) in [4.78, 5) is 24.4. The van der Waals surface area contributed by atoms with Crippen LogP contribution in [0.4, 0.5) is 4.39 Å². The van der Waals surface area contributed by atoms with Crippen molar-refractivity contribution in [2.24, 2.45) is 5.41 Å². The molecule has 0 saturated heterocycles. The highest BCUT2D eigenvalue weighted by Crippen LogP contribution is 2.33. The maximum atomic E-state index is 13.8. The number of benzene rings is 1. The van der Waals surface area contributed by atoms with Crippen molar-refractivity contribution in [2.45, 2.75) is 26.7 Å². The molecule has 1 aromatic heterocycles. The molecule has 0 radical (unpaired) electrons. The first-order chi connectivity index (χ1) is 9.87. The van der Waals surface area contributed by atoms with Crippen LogP contribution in [0.25, 0.3) is 5.69 Å². The molecule has 4 nitrogen and oxygen atoms in total. The van der Waals surface area contributed by atoms with Crippen LogP contribution in [0.5, 0.6) is 0 Å². The first-order valence-electron chi connectivity index (χ1n) is 6.79. The Morgan fingerprint density at radius 3 is 2.62 bits per heavy atom. The Morgan fingerprint density at radius 1 is 1.19 bits per heavy atom. The average molecular weight is 286 g/mol. The summed E-state index contributed by atoms with van der Waals surface area (Å²) < 4.78 is 14.8. The fraction of sp³-hybridized carbons (Fsp3) is 0.312. The standard InChI is InChI=1S/C16H15FN2O2/c1-16(2)8-10-7-14(21)19(18-15(10)13(20)9-16)12-6-4-3-5-11(12)17/h3-7H,8-9H2,1-2H3. The SMILES string of the molecule is CC1(C)CC(=O)c2nn(-c3ccccc3F)c(=O)cc2C1.